The summed E-state index contributed by atoms with van der Waals surface area (Å²) >= 11 is 1.79. The molecule has 0 radical (unpaired) electrons. The zero-order valence-electron chi connectivity index (χ0n) is 29.0. The Labute approximate surface area is 315 Å². The van der Waals surface area contributed by atoms with Crippen molar-refractivity contribution >= 4 is 64.1 Å². The van der Waals surface area contributed by atoms with Crippen LogP contribution in [-0.2, 0) is 0 Å². The van der Waals surface area contributed by atoms with Gasteiger partial charge in [-0.05, 0) is 64.4 Å². The van der Waals surface area contributed by atoms with Crippen LogP contribution in [0.25, 0.3) is 104 Å². The zero-order chi connectivity index (χ0) is 35.6. The van der Waals surface area contributed by atoms with Gasteiger partial charge in [-0.3, -0.25) is 0 Å². The van der Waals surface area contributed by atoms with Gasteiger partial charge >= 0.3 is 0 Å². The molecule has 3 heterocycles. The van der Waals surface area contributed by atoms with E-state index in [1.807, 2.05) is 0 Å². The van der Waals surface area contributed by atoms with E-state index in [1.54, 1.807) is 11.3 Å². The lowest BCUT2D eigenvalue weighted by Gasteiger charge is -2.15. The number of benzene rings is 8. The maximum absolute atomic E-state index is 5.34. The number of thiophene rings is 1. The van der Waals surface area contributed by atoms with Gasteiger partial charge < -0.3 is 4.57 Å². The lowest BCUT2D eigenvalue weighted by atomic mass is 9.97. The largest absolute Gasteiger partial charge is 0.309 e. The molecule has 0 saturated heterocycles. The minimum absolute atomic E-state index is 0.626. The highest BCUT2D eigenvalue weighted by Crippen LogP contribution is 2.41. The molecule has 5 heteroatoms. The van der Waals surface area contributed by atoms with Gasteiger partial charge in [-0.25, -0.2) is 15.0 Å². The summed E-state index contributed by atoms with van der Waals surface area (Å²) in [6.07, 6.45) is 0. The van der Waals surface area contributed by atoms with Gasteiger partial charge in [-0.2, -0.15) is 0 Å². The van der Waals surface area contributed by atoms with Crippen molar-refractivity contribution < 1.29 is 0 Å². The third kappa shape index (κ3) is 4.86. The van der Waals surface area contributed by atoms with Crippen LogP contribution < -0.4 is 0 Å². The fraction of sp³-hybridized carbons (Fsp3) is 0. The van der Waals surface area contributed by atoms with Crippen LogP contribution >= 0.6 is 11.3 Å². The summed E-state index contributed by atoms with van der Waals surface area (Å²) in [6, 6.07) is 64.4. The van der Waals surface area contributed by atoms with Gasteiger partial charge in [0, 0.05) is 47.6 Å². The number of fused-ring (bicyclic) bond motifs is 7. The lowest BCUT2D eigenvalue weighted by molar-refractivity contribution is 1.07. The van der Waals surface area contributed by atoms with E-state index >= 15 is 0 Å². The van der Waals surface area contributed by atoms with Gasteiger partial charge in [0.25, 0.3) is 0 Å². The van der Waals surface area contributed by atoms with Gasteiger partial charge in [-0.15, -0.1) is 11.3 Å². The van der Waals surface area contributed by atoms with Gasteiger partial charge in [0.1, 0.15) is 0 Å². The molecule has 0 spiro atoms. The fourth-order valence-electron chi connectivity index (χ4n) is 8.01. The maximum Gasteiger partial charge on any atom is 0.166 e. The van der Waals surface area contributed by atoms with Crippen molar-refractivity contribution in [3.05, 3.63) is 182 Å². The third-order valence-electron chi connectivity index (χ3n) is 10.5. The van der Waals surface area contributed by atoms with Crippen molar-refractivity contribution in [3.63, 3.8) is 0 Å². The molecule has 8 aromatic carbocycles. The first kappa shape index (κ1) is 30.7. The highest BCUT2D eigenvalue weighted by atomic mass is 32.1. The van der Waals surface area contributed by atoms with Crippen LogP contribution in [0.15, 0.2) is 182 Å². The predicted molar refractivity (Wildman–Crippen MR) is 226 cm³/mol. The molecule has 0 fully saturated rings. The zero-order valence-corrected chi connectivity index (χ0v) is 29.8. The quantitative estimate of drug-likeness (QED) is 0.179. The van der Waals surface area contributed by atoms with Crippen LogP contribution in [0, 0.1) is 0 Å². The molecule has 11 aromatic rings. The molecule has 0 saturated carbocycles. The number of hydrogen-bond acceptors (Lipinski definition) is 4. The normalized spacial score (nSPS) is 11.7. The van der Waals surface area contributed by atoms with E-state index < -0.39 is 0 Å². The summed E-state index contributed by atoms with van der Waals surface area (Å²) in [5.41, 5.74) is 8.45. The number of rotatable bonds is 5. The third-order valence-corrected chi connectivity index (χ3v) is 11.7. The Kier molecular flexibility index (Phi) is 7.00. The molecule has 0 atom stereocenters. The molecular weight excluding hydrogens is 677 g/mol. The van der Waals surface area contributed by atoms with Crippen molar-refractivity contribution in [3.8, 4) is 51.0 Å². The monoisotopic (exact) mass is 706 g/mol. The number of nitrogens with zero attached hydrogens (tertiary/aromatic N) is 4. The molecule has 11 rings (SSSR count). The number of hydrogen-bond donors (Lipinski definition) is 0. The first-order valence-electron chi connectivity index (χ1n) is 18.1. The van der Waals surface area contributed by atoms with Gasteiger partial charge in [0.2, 0.25) is 0 Å². The fourth-order valence-corrected chi connectivity index (χ4v) is 9.22. The second-order valence-electron chi connectivity index (χ2n) is 13.6. The second-order valence-corrected chi connectivity index (χ2v) is 14.6. The molecule has 252 valence electrons. The van der Waals surface area contributed by atoms with Crippen LogP contribution in [0.4, 0.5) is 0 Å². The van der Waals surface area contributed by atoms with Crippen LogP contribution in [0.3, 0.4) is 0 Å². The van der Waals surface area contributed by atoms with Crippen molar-refractivity contribution in [2.75, 3.05) is 0 Å². The topological polar surface area (TPSA) is 43.6 Å². The Morgan fingerprint density at radius 1 is 0.370 bits per heavy atom. The second kappa shape index (κ2) is 12.3. The summed E-state index contributed by atoms with van der Waals surface area (Å²) in [5.74, 6) is 1.91. The Hall–Kier alpha value is -6.95. The average molecular weight is 707 g/mol. The molecule has 0 aliphatic rings. The molecule has 3 aromatic heterocycles. The molecule has 0 aliphatic heterocycles. The minimum atomic E-state index is 0.626. The van der Waals surface area contributed by atoms with Crippen molar-refractivity contribution in [1.29, 1.82) is 0 Å². The van der Waals surface area contributed by atoms with Crippen LogP contribution in [-0.4, -0.2) is 19.5 Å². The highest BCUT2D eigenvalue weighted by molar-refractivity contribution is 7.26. The Morgan fingerprint density at radius 2 is 0.907 bits per heavy atom. The summed E-state index contributed by atoms with van der Waals surface area (Å²) in [5, 5.41) is 7.30. The predicted octanol–water partition coefficient (Wildman–Crippen LogP) is 13.2. The summed E-state index contributed by atoms with van der Waals surface area (Å²) in [4.78, 5) is 15.9. The smallest absolute Gasteiger partial charge is 0.166 e. The average Bonchev–Trinajstić information content (AvgIpc) is 3.79. The SMILES string of the molecule is c1cc(-c2nc(-c3ccccc3-n3c4ccccc4c4ccccc43)nc(-c3cccc4c3sc3ccccc34)n2)cc(-c2cccc3ccccc23)c1. The maximum atomic E-state index is 5.34. The molecular formula is C49H30N4S. The molecule has 4 nitrogen and oxygen atoms in total. The van der Waals surface area contributed by atoms with E-state index in [1.165, 1.54) is 47.3 Å². The van der Waals surface area contributed by atoms with E-state index in [0.29, 0.717) is 17.5 Å². The summed E-state index contributed by atoms with van der Waals surface area (Å²) < 4.78 is 4.76. The van der Waals surface area contributed by atoms with E-state index in [-0.39, 0.29) is 0 Å². The van der Waals surface area contributed by atoms with Crippen LogP contribution in [0.2, 0.25) is 0 Å². The molecule has 0 amide bonds. The first-order chi connectivity index (χ1) is 26.8. The van der Waals surface area contributed by atoms with Gasteiger partial charge in [-0.1, -0.05) is 140 Å². The lowest BCUT2D eigenvalue weighted by Crippen LogP contribution is -2.03. The Bertz CT molecular complexity index is 3190. The van der Waals surface area contributed by atoms with Crippen molar-refractivity contribution in [2.24, 2.45) is 0 Å². The number of para-hydroxylation sites is 3. The molecule has 54 heavy (non-hydrogen) atoms. The minimum Gasteiger partial charge on any atom is -0.309 e. The van der Waals surface area contributed by atoms with Gasteiger partial charge in [0.15, 0.2) is 17.5 Å². The summed E-state index contributed by atoms with van der Waals surface area (Å²) in [7, 11) is 0. The van der Waals surface area contributed by atoms with Crippen molar-refractivity contribution in [2.45, 2.75) is 0 Å². The highest BCUT2D eigenvalue weighted by Gasteiger charge is 2.21. The Morgan fingerprint density at radius 3 is 1.74 bits per heavy atom. The van der Waals surface area contributed by atoms with E-state index in [0.717, 1.165) is 39.0 Å². The van der Waals surface area contributed by atoms with Crippen LogP contribution in [0.5, 0.6) is 0 Å². The standard InChI is InChI=1S/C49H30N4S/c1-2-18-34-31(14-1)15-12-23-35(34)32-16-11-17-33(30-32)47-50-48(52-49(51-47)41-25-13-24-39-38-21-6-10-29-45(38)54-46(39)41)40-22-5-9-28-44(40)53-42-26-7-3-19-36(42)37-20-4-8-27-43(37)53/h1-30H. The van der Waals surface area contributed by atoms with E-state index in [4.69, 9.17) is 15.0 Å². The summed E-state index contributed by atoms with van der Waals surface area (Å²) in [6.45, 7) is 0. The molecule has 0 N–H and O–H groups in total. The molecule has 0 aliphatic carbocycles. The molecule has 0 unspecified atom stereocenters. The number of aromatic nitrogens is 4. The Balaban J connectivity index is 1.17. The first-order valence-corrected chi connectivity index (χ1v) is 18.9. The van der Waals surface area contributed by atoms with Crippen LogP contribution in [0.1, 0.15) is 0 Å². The van der Waals surface area contributed by atoms with Crippen molar-refractivity contribution in [1.82, 2.24) is 19.5 Å². The van der Waals surface area contributed by atoms with Gasteiger partial charge in [0.05, 0.1) is 16.7 Å². The molecule has 0 bridgehead atoms. The van der Waals surface area contributed by atoms with E-state index in [9.17, 15) is 0 Å². The van der Waals surface area contributed by atoms with E-state index in [2.05, 4.69) is 187 Å².